The Bertz CT molecular complexity index is 348. The molecule has 0 aliphatic heterocycles. The Morgan fingerprint density at radius 2 is 2.00 bits per heavy atom. The van der Waals surface area contributed by atoms with Crippen LogP contribution in [-0.4, -0.2) is 47.4 Å². The highest BCUT2D eigenvalue weighted by molar-refractivity contribution is 4.88. The number of hydrogen-bond donors (Lipinski definition) is 1. The van der Waals surface area contributed by atoms with Crippen LogP contribution < -0.4 is 0 Å². The van der Waals surface area contributed by atoms with E-state index in [4.69, 9.17) is 5.11 Å². The summed E-state index contributed by atoms with van der Waals surface area (Å²) in [6.45, 7) is -0.713. The van der Waals surface area contributed by atoms with Crippen LogP contribution in [0.15, 0.2) is 4.52 Å². The lowest BCUT2D eigenvalue weighted by molar-refractivity contribution is -0.00754. The van der Waals surface area contributed by atoms with Crippen molar-refractivity contribution in [1.29, 1.82) is 0 Å². The van der Waals surface area contributed by atoms with E-state index in [9.17, 15) is 17.6 Å². The molecule has 0 saturated heterocycles. The van der Waals surface area contributed by atoms with E-state index in [1.807, 2.05) is 0 Å². The fourth-order valence-corrected chi connectivity index (χ4v) is 1.08. The third kappa shape index (κ3) is 5.41. The van der Waals surface area contributed by atoms with Crippen LogP contribution in [0.25, 0.3) is 0 Å². The summed E-state index contributed by atoms with van der Waals surface area (Å²) in [5.74, 6) is 0.0207. The van der Waals surface area contributed by atoms with Crippen LogP contribution >= 0.6 is 0 Å². The smallest absolute Gasteiger partial charge is 0.264 e. The molecular formula is C9H12F4N2O3. The first-order chi connectivity index (χ1) is 8.49. The summed E-state index contributed by atoms with van der Waals surface area (Å²) in [6.07, 6.45) is -7.64. The van der Waals surface area contributed by atoms with Crippen molar-refractivity contribution in [2.45, 2.75) is 31.8 Å². The molecule has 0 aromatic carbocycles. The van der Waals surface area contributed by atoms with E-state index in [1.165, 1.54) is 0 Å². The van der Waals surface area contributed by atoms with Gasteiger partial charge < -0.3 is 14.4 Å². The van der Waals surface area contributed by atoms with E-state index < -0.39 is 32.0 Å². The predicted molar refractivity (Wildman–Crippen MR) is 50.5 cm³/mol. The van der Waals surface area contributed by atoms with Crippen molar-refractivity contribution in [3.8, 4) is 0 Å². The number of aliphatic hydroxyl groups excluding tert-OH is 1. The first-order valence-corrected chi connectivity index (χ1v) is 5.12. The van der Waals surface area contributed by atoms with E-state index in [1.54, 1.807) is 0 Å². The summed E-state index contributed by atoms with van der Waals surface area (Å²) in [5, 5.41) is 12.3. The predicted octanol–water partition coefficient (Wildman–Crippen LogP) is 1.06. The number of alkyl halides is 4. The van der Waals surface area contributed by atoms with Crippen molar-refractivity contribution in [3.63, 3.8) is 0 Å². The second-order valence-corrected chi connectivity index (χ2v) is 3.43. The van der Waals surface area contributed by atoms with E-state index in [0.29, 0.717) is 0 Å². The number of hydrogen-bond acceptors (Lipinski definition) is 5. The zero-order chi connectivity index (χ0) is 13.5. The maximum atomic E-state index is 12.0. The molecule has 0 aliphatic rings. The first kappa shape index (κ1) is 14.8. The van der Waals surface area contributed by atoms with Gasteiger partial charge in [0, 0.05) is 6.42 Å². The summed E-state index contributed by atoms with van der Waals surface area (Å²) in [7, 11) is 0. The fourth-order valence-electron chi connectivity index (χ4n) is 1.08. The Hall–Kier alpha value is -1.22. The van der Waals surface area contributed by atoms with Crippen molar-refractivity contribution in [1.82, 2.24) is 10.1 Å². The van der Waals surface area contributed by atoms with Crippen molar-refractivity contribution < 1.29 is 31.9 Å². The number of rotatable bonds is 8. The average molecular weight is 272 g/mol. The van der Waals surface area contributed by atoms with Crippen LogP contribution in [0, 0.1) is 0 Å². The van der Waals surface area contributed by atoms with E-state index in [0.717, 1.165) is 0 Å². The molecule has 0 fully saturated rings. The summed E-state index contributed by atoms with van der Waals surface area (Å²) < 4.78 is 56.6. The highest BCUT2D eigenvalue weighted by atomic mass is 19.3. The van der Waals surface area contributed by atoms with Crippen LogP contribution in [0.1, 0.15) is 11.7 Å². The summed E-state index contributed by atoms with van der Waals surface area (Å²) in [4.78, 5) is 3.71. The van der Waals surface area contributed by atoms with Crippen LogP contribution in [0.4, 0.5) is 17.6 Å². The third-order valence-electron chi connectivity index (χ3n) is 1.90. The van der Waals surface area contributed by atoms with Crippen molar-refractivity contribution in [3.05, 3.63) is 11.7 Å². The molecule has 1 rings (SSSR count). The Morgan fingerprint density at radius 1 is 1.28 bits per heavy atom. The van der Waals surface area contributed by atoms with Gasteiger partial charge in [-0.3, -0.25) is 0 Å². The molecule has 1 heterocycles. The van der Waals surface area contributed by atoms with Gasteiger partial charge in [-0.2, -0.15) is 4.98 Å². The molecule has 5 nitrogen and oxygen atoms in total. The van der Waals surface area contributed by atoms with Crippen molar-refractivity contribution in [2.24, 2.45) is 0 Å². The Balaban J connectivity index is 2.30. The number of nitrogens with zero attached hydrogens (tertiary/aromatic N) is 2. The second kappa shape index (κ2) is 7.27. The molecule has 104 valence electrons. The molecule has 0 radical (unpaired) electrons. The lowest BCUT2D eigenvalue weighted by atomic mass is 10.2. The molecule has 0 spiro atoms. The molecule has 9 heteroatoms. The normalized spacial score (nSPS) is 13.5. The summed E-state index contributed by atoms with van der Waals surface area (Å²) in [5.41, 5.74) is 0. The minimum atomic E-state index is -2.89. The molecule has 18 heavy (non-hydrogen) atoms. The SMILES string of the molecule is OC(Cc1nc(CCOCC(F)F)no1)C(F)F. The van der Waals surface area contributed by atoms with Crippen LogP contribution in [0.2, 0.25) is 0 Å². The third-order valence-corrected chi connectivity index (χ3v) is 1.90. The van der Waals surface area contributed by atoms with E-state index in [-0.39, 0.29) is 24.7 Å². The second-order valence-electron chi connectivity index (χ2n) is 3.43. The molecule has 0 aliphatic carbocycles. The lowest BCUT2D eigenvalue weighted by Crippen LogP contribution is -2.20. The molecule has 0 bridgehead atoms. The molecule has 1 aromatic heterocycles. The zero-order valence-corrected chi connectivity index (χ0v) is 9.23. The summed E-state index contributed by atoms with van der Waals surface area (Å²) >= 11 is 0. The highest BCUT2D eigenvalue weighted by Crippen LogP contribution is 2.08. The molecule has 1 N–H and O–H groups in total. The zero-order valence-electron chi connectivity index (χ0n) is 9.23. The molecule has 0 amide bonds. The minimum absolute atomic E-state index is 0.0271. The minimum Gasteiger partial charge on any atom is -0.387 e. The van der Waals surface area contributed by atoms with Crippen molar-refractivity contribution in [2.75, 3.05) is 13.2 Å². The first-order valence-electron chi connectivity index (χ1n) is 5.12. The fraction of sp³-hybridized carbons (Fsp3) is 0.778. The number of ether oxygens (including phenoxy) is 1. The van der Waals surface area contributed by atoms with Gasteiger partial charge in [-0.15, -0.1) is 0 Å². The van der Waals surface area contributed by atoms with Gasteiger partial charge in [0.15, 0.2) is 5.82 Å². The highest BCUT2D eigenvalue weighted by Gasteiger charge is 2.20. The largest absolute Gasteiger partial charge is 0.387 e. The van der Waals surface area contributed by atoms with Gasteiger partial charge in [0.1, 0.15) is 12.7 Å². The molecule has 0 saturated carbocycles. The van der Waals surface area contributed by atoms with Gasteiger partial charge in [0.05, 0.1) is 13.0 Å². The maximum absolute atomic E-state index is 12.0. The Labute approximate surface area is 99.7 Å². The number of aliphatic hydroxyl groups is 1. The van der Waals surface area contributed by atoms with Gasteiger partial charge in [-0.05, 0) is 0 Å². The van der Waals surface area contributed by atoms with Gasteiger partial charge in [0.2, 0.25) is 5.89 Å². The lowest BCUT2D eigenvalue weighted by Gasteiger charge is -2.04. The van der Waals surface area contributed by atoms with Crippen LogP contribution in [-0.2, 0) is 17.6 Å². The van der Waals surface area contributed by atoms with E-state index in [2.05, 4.69) is 19.4 Å². The number of halogens is 4. The summed E-state index contributed by atoms with van der Waals surface area (Å²) in [6, 6.07) is 0. The van der Waals surface area contributed by atoms with Gasteiger partial charge >= 0.3 is 0 Å². The van der Waals surface area contributed by atoms with Crippen LogP contribution in [0.5, 0.6) is 0 Å². The molecule has 1 unspecified atom stereocenters. The van der Waals surface area contributed by atoms with Crippen molar-refractivity contribution >= 4 is 0 Å². The average Bonchev–Trinajstić information content (AvgIpc) is 2.72. The van der Waals surface area contributed by atoms with Crippen LogP contribution in [0.3, 0.4) is 0 Å². The topological polar surface area (TPSA) is 68.4 Å². The molecule has 1 atom stereocenters. The molecule has 1 aromatic rings. The number of aromatic nitrogens is 2. The standard InChI is InChI=1S/C9H12F4N2O3/c10-6(11)4-17-2-1-7-14-8(18-15-7)3-5(16)9(12)13/h5-6,9,16H,1-4H2. The Morgan fingerprint density at radius 3 is 2.61 bits per heavy atom. The maximum Gasteiger partial charge on any atom is 0.264 e. The quantitative estimate of drug-likeness (QED) is 0.566. The van der Waals surface area contributed by atoms with Gasteiger partial charge in [-0.1, -0.05) is 5.16 Å². The molecular weight excluding hydrogens is 260 g/mol. The Kier molecular flexibility index (Phi) is 5.99. The van der Waals surface area contributed by atoms with Gasteiger partial charge in [-0.25, -0.2) is 17.6 Å². The van der Waals surface area contributed by atoms with Gasteiger partial charge in [0.25, 0.3) is 12.9 Å². The monoisotopic (exact) mass is 272 g/mol. The van der Waals surface area contributed by atoms with E-state index >= 15 is 0 Å².